The maximum absolute atomic E-state index is 12.7. The minimum Gasteiger partial charge on any atom is -0.496 e. The molecule has 3 rings (SSSR count). The highest BCUT2D eigenvalue weighted by atomic mass is 16.5. The predicted molar refractivity (Wildman–Crippen MR) is 84.5 cm³/mol. The van der Waals surface area contributed by atoms with Gasteiger partial charge in [-0.3, -0.25) is 9.59 Å². The Morgan fingerprint density at radius 1 is 0.864 bits per heavy atom. The SMILES string of the molecule is COc1ccccc1CC1=C(C)C(=O)c2ccccc2C1=O. The van der Waals surface area contributed by atoms with Crippen molar-refractivity contribution >= 4 is 11.6 Å². The molecule has 0 amide bonds. The van der Waals surface area contributed by atoms with E-state index in [1.165, 1.54) is 0 Å². The minimum atomic E-state index is -0.0707. The van der Waals surface area contributed by atoms with Crippen molar-refractivity contribution in [2.75, 3.05) is 7.11 Å². The summed E-state index contributed by atoms with van der Waals surface area (Å²) < 4.78 is 5.33. The Hall–Kier alpha value is -2.68. The van der Waals surface area contributed by atoms with E-state index in [1.807, 2.05) is 24.3 Å². The molecule has 0 unspecified atom stereocenters. The lowest BCUT2D eigenvalue weighted by molar-refractivity contribution is 0.0973. The van der Waals surface area contributed by atoms with Crippen LogP contribution in [0.15, 0.2) is 59.7 Å². The fraction of sp³-hybridized carbons (Fsp3) is 0.158. The van der Waals surface area contributed by atoms with Crippen molar-refractivity contribution in [3.63, 3.8) is 0 Å². The van der Waals surface area contributed by atoms with E-state index in [-0.39, 0.29) is 11.6 Å². The van der Waals surface area contributed by atoms with Crippen LogP contribution in [-0.2, 0) is 6.42 Å². The number of rotatable bonds is 3. The molecule has 3 heteroatoms. The number of allylic oxidation sites excluding steroid dienone is 2. The van der Waals surface area contributed by atoms with Crippen molar-refractivity contribution < 1.29 is 14.3 Å². The smallest absolute Gasteiger partial charge is 0.190 e. The molecule has 0 spiro atoms. The molecule has 2 aromatic carbocycles. The molecule has 1 aliphatic carbocycles. The van der Waals surface area contributed by atoms with Gasteiger partial charge in [0.1, 0.15) is 5.75 Å². The predicted octanol–water partition coefficient (Wildman–Crippen LogP) is 3.63. The molecular weight excluding hydrogens is 276 g/mol. The highest BCUT2D eigenvalue weighted by Gasteiger charge is 2.29. The summed E-state index contributed by atoms with van der Waals surface area (Å²) in [4.78, 5) is 25.2. The van der Waals surface area contributed by atoms with Crippen molar-refractivity contribution in [1.82, 2.24) is 0 Å². The van der Waals surface area contributed by atoms with Crippen molar-refractivity contribution in [1.29, 1.82) is 0 Å². The highest BCUT2D eigenvalue weighted by Crippen LogP contribution is 2.30. The Morgan fingerprint density at radius 2 is 1.45 bits per heavy atom. The molecule has 0 aromatic heterocycles. The molecular formula is C19H16O3. The molecule has 3 nitrogen and oxygen atoms in total. The maximum Gasteiger partial charge on any atom is 0.190 e. The normalized spacial score (nSPS) is 14.1. The zero-order chi connectivity index (χ0) is 15.7. The fourth-order valence-corrected chi connectivity index (χ4v) is 2.80. The first kappa shape index (κ1) is 14.3. The van der Waals surface area contributed by atoms with E-state index in [2.05, 4.69) is 0 Å². The topological polar surface area (TPSA) is 43.4 Å². The number of ketones is 2. The molecule has 1 aliphatic rings. The summed E-state index contributed by atoms with van der Waals surface area (Å²) in [6.45, 7) is 1.72. The van der Waals surface area contributed by atoms with Gasteiger partial charge in [0.2, 0.25) is 0 Å². The van der Waals surface area contributed by atoms with Crippen molar-refractivity contribution in [3.8, 4) is 5.75 Å². The second kappa shape index (κ2) is 5.60. The van der Waals surface area contributed by atoms with Crippen LogP contribution in [0.25, 0.3) is 0 Å². The van der Waals surface area contributed by atoms with E-state index >= 15 is 0 Å². The number of carbonyl (C=O) groups excluding carboxylic acids is 2. The van der Waals surface area contributed by atoms with Crippen LogP contribution in [-0.4, -0.2) is 18.7 Å². The van der Waals surface area contributed by atoms with E-state index in [9.17, 15) is 9.59 Å². The molecule has 2 aromatic rings. The van der Waals surface area contributed by atoms with Gasteiger partial charge in [-0.15, -0.1) is 0 Å². The standard InChI is InChI=1S/C19H16O3/c1-12-16(11-13-7-3-6-10-17(13)22-2)19(21)15-9-5-4-8-14(15)18(12)20/h3-10H,11H2,1-2H3. The van der Waals surface area contributed by atoms with Crippen LogP contribution in [0.2, 0.25) is 0 Å². The van der Waals surface area contributed by atoms with Crippen molar-refractivity contribution in [2.45, 2.75) is 13.3 Å². The van der Waals surface area contributed by atoms with Crippen molar-refractivity contribution in [3.05, 3.63) is 76.4 Å². The van der Waals surface area contributed by atoms with E-state index in [0.29, 0.717) is 28.7 Å². The number of hydrogen-bond acceptors (Lipinski definition) is 3. The first-order valence-corrected chi connectivity index (χ1v) is 7.13. The molecule has 0 fully saturated rings. The van der Waals surface area contributed by atoms with Crippen LogP contribution in [0, 0.1) is 0 Å². The van der Waals surface area contributed by atoms with Crippen LogP contribution in [0.5, 0.6) is 5.75 Å². The Morgan fingerprint density at radius 3 is 2.14 bits per heavy atom. The average Bonchev–Trinajstić information content (AvgIpc) is 2.57. The summed E-state index contributed by atoms with van der Waals surface area (Å²) in [6, 6.07) is 14.5. The second-order valence-electron chi connectivity index (χ2n) is 5.30. The molecule has 0 aliphatic heterocycles. The van der Waals surface area contributed by atoms with E-state index < -0.39 is 0 Å². The monoisotopic (exact) mass is 292 g/mol. The Bertz CT molecular complexity index is 800. The molecule has 110 valence electrons. The molecule has 0 bridgehead atoms. The lowest BCUT2D eigenvalue weighted by atomic mass is 9.82. The van der Waals surface area contributed by atoms with Gasteiger partial charge in [0.25, 0.3) is 0 Å². The van der Waals surface area contributed by atoms with Gasteiger partial charge in [-0.25, -0.2) is 0 Å². The fourth-order valence-electron chi connectivity index (χ4n) is 2.80. The quantitative estimate of drug-likeness (QED) is 0.867. The molecule has 0 saturated heterocycles. The van der Waals surface area contributed by atoms with Crippen molar-refractivity contribution in [2.24, 2.45) is 0 Å². The van der Waals surface area contributed by atoms with Gasteiger partial charge in [-0.2, -0.15) is 0 Å². The lowest BCUT2D eigenvalue weighted by Crippen LogP contribution is -2.22. The van der Waals surface area contributed by atoms with Gasteiger partial charge in [-0.1, -0.05) is 42.5 Å². The number of para-hydroxylation sites is 1. The van der Waals surface area contributed by atoms with Crippen LogP contribution in [0.3, 0.4) is 0 Å². The third kappa shape index (κ3) is 2.25. The van der Waals surface area contributed by atoms with Crippen LogP contribution in [0.1, 0.15) is 33.2 Å². The van der Waals surface area contributed by atoms with Crippen LogP contribution >= 0.6 is 0 Å². The zero-order valence-corrected chi connectivity index (χ0v) is 12.6. The van der Waals surface area contributed by atoms with Gasteiger partial charge in [0, 0.05) is 28.7 Å². The summed E-state index contributed by atoms with van der Waals surface area (Å²) >= 11 is 0. The van der Waals surface area contributed by atoms with E-state index in [0.717, 1.165) is 11.3 Å². The molecule has 0 radical (unpaired) electrons. The third-order valence-corrected chi connectivity index (χ3v) is 4.04. The number of benzene rings is 2. The van der Waals surface area contributed by atoms with Gasteiger partial charge >= 0.3 is 0 Å². The van der Waals surface area contributed by atoms with Gasteiger partial charge in [-0.05, 0) is 18.6 Å². The summed E-state index contributed by atoms with van der Waals surface area (Å²) in [5.41, 5.74) is 2.96. The van der Waals surface area contributed by atoms with Gasteiger partial charge < -0.3 is 4.74 Å². The second-order valence-corrected chi connectivity index (χ2v) is 5.30. The number of ether oxygens (including phenoxy) is 1. The Balaban J connectivity index is 2.06. The number of carbonyl (C=O) groups is 2. The Labute approximate surface area is 129 Å². The summed E-state index contributed by atoms with van der Waals surface area (Å²) in [5, 5.41) is 0. The Kier molecular flexibility index (Phi) is 3.63. The summed E-state index contributed by atoms with van der Waals surface area (Å²) in [6.07, 6.45) is 0.398. The summed E-state index contributed by atoms with van der Waals surface area (Å²) in [5.74, 6) is 0.584. The molecule has 22 heavy (non-hydrogen) atoms. The number of Topliss-reactive ketones (excluding diaryl/α,β-unsaturated/α-hetero) is 2. The summed E-state index contributed by atoms with van der Waals surface area (Å²) in [7, 11) is 1.60. The first-order chi connectivity index (χ1) is 10.6. The molecule has 0 atom stereocenters. The third-order valence-electron chi connectivity index (χ3n) is 4.04. The minimum absolute atomic E-state index is 0.0694. The van der Waals surface area contributed by atoms with E-state index in [4.69, 9.17) is 4.74 Å². The van der Waals surface area contributed by atoms with E-state index in [1.54, 1.807) is 38.3 Å². The number of hydrogen-bond donors (Lipinski definition) is 0. The highest BCUT2D eigenvalue weighted by molar-refractivity contribution is 6.26. The van der Waals surface area contributed by atoms with Gasteiger partial charge in [0.05, 0.1) is 7.11 Å². The molecule has 0 N–H and O–H groups in total. The number of methoxy groups -OCH3 is 1. The maximum atomic E-state index is 12.7. The first-order valence-electron chi connectivity index (χ1n) is 7.13. The largest absolute Gasteiger partial charge is 0.496 e. The lowest BCUT2D eigenvalue weighted by Gasteiger charge is -2.19. The van der Waals surface area contributed by atoms with Crippen LogP contribution in [0.4, 0.5) is 0 Å². The van der Waals surface area contributed by atoms with Crippen LogP contribution < -0.4 is 4.74 Å². The number of fused-ring (bicyclic) bond motifs is 1. The zero-order valence-electron chi connectivity index (χ0n) is 12.6. The van der Waals surface area contributed by atoms with Gasteiger partial charge in [0.15, 0.2) is 11.6 Å². The molecule has 0 heterocycles. The molecule has 0 saturated carbocycles. The average molecular weight is 292 g/mol.